The van der Waals surface area contributed by atoms with Crippen molar-refractivity contribution in [3.8, 4) is 10.6 Å². The fourth-order valence-electron chi connectivity index (χ4n) is 1.95. The number of aliphatic carboxylic acids is 1. The zero-order chi connectivity index (χ0) is 17.7. The largest absolute Gasteiger partial charge is 0.481 e. The first-order chi connectivity index (χ1) is 11.4. The summed E-state index contributed by atoms with van der Waals surface area (Å²) in [7, 11) is 0. The minimum atomic E-state index is -0.912. The summed E-state index contributed by atoms with van der Waals surface area (Å²) in [6.45, 7) is 1.73. The number of nitro benzene ring substituents is 1. The van der Waals surface area contributed by atoms with Crippen LogP contribution in [0.1, 0.15) is 30.3 Å². The highest BCUT2D eigenvalue weighted by molar-refractivity contribution is 7.13. The molecule has 2 aromatic rings. The molecule has 1 atom stereocenters. The number of carbonyl (C=O) groups is 2. The zero-order valence-electron chi connectivity index (χ0n) is 12.8. The number of non-ortho nitro benzene ring substituents is 1. The summed E-state index contributed by atoms with van der Waals surface area (Å²) in [4.78, 5) is 37.0. The highest BCUT2D eigenvalue weighted by atomic mass is 32.1. The molecule has 0 saturated heterocycles. The number of carbonyl (C=O) groups excluding carboxylic acids is 1. The Hall–Kier alpha value is -2.81. The first kappa shape index (κ1) is 17.5. The molecule has 0 radical (unpaired) electrons. The van der Waals surface area contributed by atoms with E-state index >= 15 is 0 Å². The number of hydrogen-bond acceptors (Lipinski definition) is 6. The van der Waals surface area contributed by atoms with Crippen LogP contribution < -0.4 is 5.32 Å². The molecule has 2 rings (SSSR count). The summed E-state index contributed by atoms with van der Waals surface area (Å²) < 4.78 is 0. The van der Waals surface area contributed by atoms with Crippen LogP contribution in [0.15, 0.2) is 29.6 Å². The molecule has 2 N–H and O–H groups in total. The van der Waals surface area contributed by atoms with Crippen molar-refractivity contribution in [2.24, 2.45) is 0 Å². The van der Waals surface area contributed by atoms with E-state index in [1.54, 1.807) is 24.4 Å². The third kappa shape index (κ3) is 4.59. The van der Waals surface area contributed by atoms with Crippen LogP contribution in [0.5, 0.6) is 0 Å². The molecular weight excluding hydrogens is 334 g/mol. The van der Waals surface area contributed by atoms with Crippen molar-refractivity contribution in [2.75, 3.05) is 0 Å². The second-order valence-corrected chi connectivity index (χ2v) is 6.01. The fraction of sp³-hybridized carbons (Fsp3) is 0.267. The molecule has 1 aromatic carbocycles. The van der Waals surface area contributed by atoms with Crippen molar-refractivity contribution < 1.29 is 19.6 Å². The Balaban J connectivity index is 2.02. The van der Waals surface area contributed by atoms with Gasteiger partial charge in [-0.25, -0.2) is 4.98 Å². The van der Waals surface area contributed by atoms with Gasteiger partial charge in [0.1, 0.15) is 10.7 Å². The molecule has 9 heteroatoms. The average Bonchev–Trinajstić information content (AvgIpc) is 3.03. The Bertz CT molecular complexity index is 757. The van der Waals surface area contributed by atoms with Crippen LogP contribution in [0, 0.1) is 10.1 Å². The lowest BCUT2D eigenvalue weighted by atomic mass is 10.2. The molecule has 1 amide bonds. The molecule has 1 aromatic heterocycles. The molecule has 0 fully saturated rings. The van der Waals surface area contributed by atoms with Crippen LogP contribution in [0.4, 0.5) is 5.69 Å². The predicted molar refractivity (Wildman–Crippen MR) is 88.0 cm³/mol. The molecule has 1 heterocycles. The minimum Gasteiger partial charge on any atom is -0.481 e. The van der Waals surface area contributed by atoms with Gasteiger partial charge in [0.2, 0.25) is 0 Å². The van der Waals surface area contributed by atoms with Gasteiger partial charge < -0.3 is 10.4 Å². The van der Waals surface area contributed by atoms with Gasteiger partial charge in [-0.2, -0.15) is 0 Å². The summed E-state index contributed by atoms with van der Waals surface area (Å²) in [6, 6.07) is 5.63. The maximum atomic E-state index is 12.1. The summed E-state index contributed by atoms with van der Waals surface area (Å²) in [5, 5.41) is 24.1. The van der Waals surface area contributed by atoms with E-state index in [-0.39, 0.29) is 29.8 Å². The summed E-state index contributed by atoms with van der Waals surface area (Å²) in [5.74, 6) is -1.29. The quantitative estimate of drug-likeness (QED) is 0.585. The molecule has 0 aliphatic carbocycles. The normalized spacial score (nSPS) is 11.7. The van der Waals surface area contributed by atoms with Crippen molar-refractivity contribution in [1.82, 2.24) is 10.3 Å². The number of rotatable bonds is 7. The molecule has 126 valence electrons. The van der Waals surface area contributed by atoms with E-state index in [0.29, 0.717) is 17.0 Å². The van der Waals surface area contributed by atoms with E-state index in [1.807, 2.05) is 0 Å². The smallest absolute Gasteiger partial charge is 0.303 e. The van der Waals surface area contributed by atoms with Gasteiger partial charge in [-0.15, -0.1) is 11.3 Å². The summed E-state index contributed by atoms with van der Waals surface area (Å²) in [5.41, 5.74) is 0.902. The van der Waals surface area contributed by atoms with Crippen LogP contribution in [0.2, 0.25) is 0 Å². The SMILES string of the molecule is CC(CCC(=O)O)NC(=O)c1csc(-c2ccc([N+](=O)[O-])cc2)n1. The second kappa shape index (κ2) is 7.64. The van der Waals surface area contributed by atoms with E-state index < -0.39 is 10.9 Å². The number of carboxylic acids is 1. The number of thiazole rings is 1. The van der Waals surface area contributed by atoms with Crippen molar-refractivity contribution >= 4 is 28.9 Å². The number of nitrogens with one attached hydrogen (secondary N) is 1. The lowest BCUT2D eigenvalue weighted by Crippen LogP contribution is -2.33. The summed E-state index contributed by atoms with van der Waals surface area (Å²) >= 11 is 1.25. The van der Waals surface area contributed by atoms with Crippen LogP contribution in [-0.2, 0) is 4.79 Å². The second-order valence-electron chi connectivity index (χ2n) is 5.15. The molecule has 0 aliphatic rings. The molecular formula is C15H15N3O5S. The molecule has 0 saturated carbocycles. The van der Waals surface area contributed by atoms with Gasteiger partial charge in [0.05, 0.1) is 4.92 Å². The van der Waals surface area contributed by atoms with Gasteiger partial charge in [0, 0.05) is 35.5 Å². The molecule has 8 nitrogen and oxygen atoms in total. The zero-order valence-corrected chi connectivity index (χ0v) is 13.6. The molecule has 1 unspecified atom stereocenters. The molecule has 24 heavy (non-hydrogen) atoms. The van der Waals surface area contributed by atoms with Crippen molar-refractivity contribution in [3.63, 3.8) is 0 Å². The summed E-state index contributed by atoms with van der Waals surface area (Å²) in [6.07, 6.45) is 0.312. The number of nitrogens with zero attached hydrogens (tertiary/aromatic N) is 2. The fourth-order valence-corrected chi connectivity index (χ4v) is 2.75. The Kier molecular flexibility index (Phi) is 5.59. The number of amides is 1. The molecule has 0 spiro atoms. The van der Waals surface area contributed by atoms with Gasteiger partial charge in [-0.05, 0) is 25.5 Å². The monoisotopic (exact) mass is 349 g/mol. The van der Waals surface area contributed by atoms with E-state index in [2.05, 4.69) is 10.3 Å². The number of carboxylic acid groups (broad SMARTS) is 1. The van der Waals surface area contributed by atoms with Crippen molar-refractivity contribution in [2.45, 2.75) is 25.8 Å². The Morgan fingerprint density at radius 2 is 2.04 bits per heavy atom. The average molecular weight is 349 g/mol. The van der Waals surface area contributed by atoms with Crippen molar-refractivity contribution in [3.05, 3.63) is 45.5 Å². The molecule has 0 aliphatic heterocycles. The van der Waals surface area contributed by atoms with Gasteiger partial charge in [-0.1, -0.05) is 0 Å². The third-order valence-electron chi connectivity index (χ3n) is 3.23. The van der Waals surface area contributed by atoms with E-state index in [9.17, 15) is 19.7 Å². The number of benzene rings is 1. The van der Waals surface area contributed by atoms with E-state index in [4.69, 9.17) is 5.11 Å². The first-order valence-electron chi connectivity index (χ1n) is 7.10. The third-order valence-corrected chi connectivity index (χ3v) is 4.12. The Labute approximate surface area is 141 Å². The van der Waals surface area contributed by atoms with Crippen molar-refractivity contribution in [1.29, 1.82) is 0 Å². The number of nitro groups is 1. The predicted octanol–water partition coefficient (Wildman–Crippen LogP) is 2.70. The highest BCUT2D eigenvalue weighted by Gasteiger charge is 2.15. The maximum Gasteiger partial charge on any atom is 0.303 e. The maximum absolute atomic E-state index is 12.1. The van der Waals surface area contributed by atoms with Gasteiger partial charge in [0.15, 0.2) is 0 Å². The first-order valence-corrected chi connectivity index (χ1v) is 7.98. The van der Waals surface area contributed by atoms with Gasteiger partial charge >= 0.3 is 5.97 Å². The number of hydrogen-bond donors (Lipinski definition) is 2. The van der Waals surface area contributed by atoms with Gasteiger partial charge in [-0.3, -0.25) is 19.7 Å². The van der Waals surface area contributed by atoms with E-state index in [1.165, 1.54) is 23.5 Å². The lowest BCUT2D eigenvalue weighted by molar-refractivity contribution is -0.384. The lowest BCUT2D eigenvalue weighted by Gasteiger charge is -2.11. The highest BCUT2D eigenvalue weighted by Crippen LogP contribution is 2.25. The van der Waals surface area contributed by atoms with Gasteiger partial charge in [0.25, 0.3) is 11.6 Å². The van der Waals surface area contributed by atoms with Crippen LogP contribution in [0.3, 0.4) is 0 Å². The molecule has 0 bridgehead atoms. The minimum absolute atomic E-state index is 0.0134. The number of aromatic nitrogens is 1. The van der Waals surface area contributed by atoms with E-state index in [0.717, 1.165) is 0 Å². The topological polar surface area (TPSA) is 122 Å². The van der Waals surface area contributed by atoms with Crippen LogP contribution >= 0.6 is 11.3 Å². The van der Waals surface area contributed by atoms with Crippen LogP contribution in [0.25, 0.3) is 10.6 Å². The Morgan fingerprint density at radius 1 is 1.38 bits per heavy atom. The van der Waals surface area contributed by atoms with Crippen LogP contribution in [-0.4, -0.2) is 32.9 Å². The standard InChI is InChI=1S/C15H15N3O5S/c1-9(2-7-13(19)20)16-14(21)12-8-24-15(17-12)10-3-5-11(6-4-10)18(22)23/h3-6,8-9H,2,7H2,1H3,(H,16,21)(H,19,20). The Morgan fingerprint density at radius 3 is 2.62 bits per heavy atom.